The number of β-amino-alcohol motifs (C(OH)–C–C–N with tert-alkyl or cyclic N) is 1. The van der Waals surface area contributed by atoms with Crippen molar-refractivity contribution in [3.63, 3.8) is 0 Å². The zero-order valence-electron chi connectivity index (χ0n) is 13.2. The number of halogens is 1. The van der Waals surface area contributed by atoms with Gasteiger partial charge in [-0.2, -0.15) is 5.10 Å². The molecule has 23 heavy (non-hydrogen) atoms. The summed E-state index contributed by atoms with van der Waals surface area (Å²) in [5.41, 5.74) is 1.22. The van der Waals surface area contributed by atoms with E-state index in [2.05, 4.69) is 16.2 Å². The predicted molar refractivity (Wildman–Crippen MR) is 89.7 cm³/mol. The van der Waals surface area contributed by atoms with Crippen molar-refractivity contribution in [3.05, 3.63) is 47.2 Å². The molecular formula is C17H22ClN3O2. The Kier molecular flexibility index (Phi) is 5.20. The third-order valence-corrected chi connectivity index (χ3v) is 4.43. The molecule has 3 rings (SSSR count). The van der Waals surface area contributed by atoms with Gasteiger partial charge in [-0.05, 0) is 43.7 Å². The van der Waals surface area contributed by atoms with E-state index in [-0.39, 0.29) is 6.61 Å². The summed E-state index contributed by atoms with van der Waals surface area (Å²) in [4.78, 5) is 2.31. The van der Waals surface area contributed by atoms with Gasteiger partial charge in [-0.1, -0.05) is 11.6 Å². The molecule has 0 bridgehead atoms. The van der Waals surface area contributed by atoms with E-state index in [9.17, 15) is 5.11 Å². The summed E-state index contributed by atoms with van der Waals surface area (Å²) in [6, 6.07) is 7.52. The van der Waals surface area contributed by atoms with Crippen molar-refractivity contribution < 1.29 is 9.84 Å². The number of likely N-dealkylation sites (tertiary alicyclic amines) is 1. The lowest BCUT2D eigenvalue weighted by atomic mass is 10.1. The molecule has 1 aromatic carbocycles. The first-order valence-corrected chi connectivity index (χ1v) is 8.28. The number of aliphatic hydroxyl groups is 1. The van der Waals surface area contributed by atoms with Gasteiger partial charge in [0.2, 0.25) is 0 Å². The summed E-state index contributed by atoms with van der Waals surface area (Å²) < 4.78 is 7.45. The number of aliphatic hydroxyl groups excluding tert-OH is 1. The lowest BCUT2D eigenvalue weighted by molar-refractivity contribution is 0.0638. The molecule has 0 unspecified atom stereocenters. The van der Waals surface area contributed by atoms with E-state index in [0.717, 1.165) is 25.1 Å². The van der Waals surface area contributed by atoms with Gasteiger partial charge in [-0.25, -0.2) is 0 Å². The van der Waals surface area contributed by atoms with E-state index in [1.54, 1.807) is 12.1 Å². The van der Waals surface area contributed by atoms with Crippen molar-refractivity contribution in [2.75, 3.05) is 19.7 Å². The summed E-state index contributed by atoms with van der Waals surface area (Å²) in [6.07, 6.45) is 5.70. The van der Waals surface area contributed by atoms with Crippen molar-refractivity contribution in [1.82, 2.24) is 14.7 Å². The van der Waals surface area contributed by atoms with Gasteiger partial charge in [0.05, 0.1) is 6.20 Å². The van der Waals surface area contributed by atoms with Crippen LogP contribution < -0.4 is 4.74 Å². The maximum Gasteiger partial charge on any atom is 0.119 e. The van der Waals surface area contributed by atoms with Crippen LogP contribution in [0.5, 0.6) is 5.75 Å². The van der Waals surface area contributed by atoms with Gasteiger partial charge in [-0.3, -0.25) is 9.58 Å². The third-order valence-electron chi connectivity index (χ3n) is 4.17. The van der Waals surface area contributed by atoms with Gasteiger partial charge in [0.1, 0.15) is 18.5 Å². The van der Waals surface area contributed by atoms with Gasteiger partial charge in [-0.15, -0.1) is 0 Å². The van der Waals surface area contributed by atoms with Crippen molar-refractivity contribution in [1.29, 1.82) is 0 Å². The number of ether oxygens (including phenoxy) is 1. The van der Waals surface area contributed by atoms with Crippen LogP contribution in [-0.2, 0) is 7.05 Å². The molecular weight excluding hydrogens is 314 g/mol. The van der Waals surface area contributed by atoms with E-state index >= 15 is 0 Å². The second kappa shape index (κ2) is 7.34. The molecule has 124 valence electrons. The molecule has 0 aliphatic carbocycles. The largest absolute Gasteiger partial charge is 0.491 e. The zero-order valence-corrected chi connectivity index (χ0v) is 14.0. The summed E-state index contributed by atoms with van der Waals surface area (Å²) in [6.45, 7) is 1.88. The van der Waals surface area contributed by atoms with Gasteiger partial charge < -0.3 is 9.84 Å². The second-order valence-corrected chi connectivity index (χ2v) is 6.46. The van der Waals surface area contributed by atoms with E-state index in [1.165, 1.54) is 5.56 Å². The second-order valence-electron chi connectivity index (χ2n) is 6.02. The fraction of sp³-hybridized carbons (Fsp3) is 0.471. The standard InChI is InChI=1S/C17H22ClN3O2/c1-20-10-13(9-19-20)17-3-2-8-21(17)11-15(22)12-23-16-6-4-14(18)5-7-16/h4-7,9-10,15,17,22H,2-3,8,11-12H2,1H3/t15-,17-/m1/s1. The highest BCUT2D eigenvalue weighted by Crippen LogP contribution is 2.31. The van der Waals surface area contributed by atoms with Crippen LogP contribution in [0.15, 0.2) is 36.7 Å². The maximum atomic E-state index is 10.3. The zero-order chi connectivity index (χ0) is 16.2. The molecule has 0 saturated carbocycles. The van der Waals surface area contributed by atoms with Crippen molar-refractivity contribution in [3.8, 4) is 5.75 Å². The molecule has 2 aromatic rings. The quantitative estimate of drug-likeness (QED) is 0.881. The van der Waals surface area contributed by atoms with Gasteiger partial charge in [0.15, 0.2) is 0 Å². The van der Waals surface area contributed by atoms with Crippen molar-refractivity contribution in [2.45, 2.75) is 25.0 Å². The van der Waals surface area contributed by atoms with Crippen LogP contribution in [-0.4, -0.2) is 45.6 Å². The predicted octanol–water partition coefficient (Wildman–Crippen LogP) is 2.65. The Labute approximate surface area is 141 Å². The summed E-state index contributed by atoms with van der Waals surface area (Å²) in [7, 11) is 1.93. The Morgan fingerprint density at radius 2 is 2.17 bits per heavy atom. The third kappa shape index (κ3) is 4.25. The minimum Gasteiger partial charge on any atom is -0.491 e. The lowest BCUT2D eigenvalue weighted by Gasteiger charge is -2.26. The fourth-order valence-electron chi connectivity index (χ4n) is 3.08. The smallest absolute Gasteiger partial charge is 0.119 e. The van der Waals surface area contributed by atoms with Crippen LogP contribution >= 0.6 is 11.6 Å². The first-order chi connectivity index (χ1) is 11.1. The molecule has 1 saturated heterocycles. The molecule has 5 nitrogen and oxygen atoms in total. The van der Waals surface area contributed by atoms with E-state index in [0.29, 0.717) is 17.6 Å². The molecule has 1 aliphatic heterocycles. The normalized spacial score (nSPS) is 19.9. The van der Waals surface area contributed by atoms with Gasteiger partial charge >= 0.3 is 0 Å². The average molecular weight is 336 g/mol. The van der Waals surface area contributed by atoms with Crippen LogP contribution in [0.2, 0.25) is 5.02 Å². The monoisotopic (exact) mass is 335 g/mol. The molecule has 1 N–H and O–H groups in total. The van der Waals surface area contributed by atoms with Crippen LogP contribution in [0.1, 0.15) is 24.4 Å². The van der Waals surface area contributed by atoms with Gasteiger partial charge in [0, 0.05) is 36.4 Å². The average Bonchev–Trinajstić information content (AvgIpc) is 3.15. The minimum atomic E-state index is -0.525. The lowest BCUT2D eigenvalue weighted by Crippen LogP contribution is -2.35. The molecule has 1 aliphatic rings. The van der Waals surface area contributed by atoms with Crippen LogP contribution in [0.25, 0.3) is 0 Å². The molecule has 1 aromatic heterocycles. The molecule has 2 heterocycles. The number of aromatic nitrogens is 2. The van der Waals surface area contributed by atoms with E-state index in [1.807, 2.05) is 30.1 Å². The van der Waals surface area contributed by atoms with Crippen molar-refractivity contribution >= 4 is 11.6 Å². The van der Waals surface area contributed by atoms with Crippen LogP contribution in [0.3, 0.4) is 0 Å². The molecule has 0 spiro atoms. The molecule has 6 heteroatoms. The Balaban J connectivity index is 1.52. The number of aryl methyl sites for hydroxylation is 1. The number of rotatable bonds is 6. The highest BCUT2D eigenvalue weighted by molar-refractivity contribution is 6.30. The number of benzene rings is 1. The van der Waals surface area contributed by atoms with Crippen LogP contribution in [0, 0.1) is 0 Å². The molecule has 1 fully saturated rings. The fourth-order valence-corrected chi connectivity index (χ4v) is 3.21. The Hall–Kier alpha value is -1.56. The molecule has 0 amide bonds. The Bertz CT molecular complexity index is 629. The first-order valence-electron chi connectivity index (χ1n) is 7.91. The highest BCUT2D eigenvalue weighted by atomic mass is 35.5. The van der Waals surface area contributed by atoms with Crippen LogP contribution in [0.4, 0.5) is 0 Å². The first kappa shape index (κ1) is 16.3. The maximum absolute atomic E-state index is 10.3. The summed E-state index contributed by atoms with van der Waals surface area (Å²) in [5.74, 6) is 0.721. The summed E-state index contributed by atoms with van der Waals surface area (Å²) in [5, 5.41) is 15.2. The Morgan fingerprint density at radius 1 is 1.39 bits per heavy atom. The number of hydrogen-bond donors (Lipinski definition) is 1. The Morgan fingerprint density at radius 3 is 2.87 bits per heavy atom. The van der Waals surface area contributed by atoms with E-state index < -0.39 is 6.10 Å². The highest BCUT2D eigenvalue weighted by Gasteiger charge is 2.28. The molecule has 2 atom stereocenters. The van der Waals surface area contributed by atoms with Gasteiger partial charge in [0.25, 0.3) is 0 Å². The minimum absolute atomic E-state index is 0.276. The SMILES string of the molecule is Cn1cc([C@H]2CCCN2C[C@@H](O)COc2ccc(Cl)cc2)cn1. The van der Waals surface area contributed by atoms with Crippen molar-refractivity contribution in [2.24, 2.45) is 7.05 Å². The van der Waals surface area contributed by atoms with E-state index in [4.69, 9.17) is 16.3 Å². The number of nitrogens with zero attached hydrogens (tertiary/aromatic N) is 3. The number of hydrogen-bond acceptors (Lipinski definition) is 4. The summed E-state index contributed by atoms with van der Waals surface area (Å²) >= 11 is 5.85. The molecule has 0 radical (unpaired) electrons. The topological polar surface area (TPSA) is 50.5 Å².